The van der Waals surface area contributed by atoms with E-state index < -0.39 is 0 Å². The Balaban J connectivity index is 2.91. The average molecular weight is 208 g/mol. The van der Waals surface area contributed by atoms with Crippen molar-refractivity contribution < 1.29 is 0 Å². The van der Waals surface area contributed by atoms with Crippen LogP contribution in [0.15, 0.2) is 18.2 Å². The summed E-state index contributed by atoms with van der Waals surface area (Å²) >= 11 is 7.37. The lowest BCUT2D eigenvalue weighted by Crippen LogP contribution is -1.73. The fourth-order valence-electron chi connectivity index (χ4n) is 1.29. The normalized spacial score (nSPS) is 10.2. The molecule has 13 heavy (non-hydrogen) atoms. The molecule has 64 valence electrons. The molecule has 0 aliphatic rings. The van der Waals surface area contributed by atoms with E-state index in [1.54, 1.807) is 0 Å². The Morgan fingerprint density at radius 3 is 2.92 bits per heavy atom. The van der Waals surface area contributed by atoms with Gasteiger partial charge >= 0.3 is 0 Å². The monoisotopic (exact) mass is 207 g/mol. The fraction of sp³-hybridized carbons (Fsp3) is 0.100. The van der Waals surface area contributed by atoms with Crippen LogP contribution in [0.2, 0.25) is 4.34 Å². The lowest BCUT2D eigenvalue weighted by molar-refractivity contribution is 1.50. The molecule has 0 bridgehead atoms. The van der Waals surface area contributed by atoms with E-state index in [1.165, 1.54) is 11.3 Å². The average Bonchev–Trinajstić information content (AvgIpc) is 2.40. The number of aryl methyl sites for hydroxylation is 1. The van der Waals surface area contributed by atoms with Crippen LogP contribution in [-0.2, 0) is 0 Å². The number of hydrogen-bond acceptors (Lipinski definition) is 2. The minimum atomic E-state index is 0.586. The molecule has 0 aliphatic heterocycles. The molecule has 0 fully saturated rings. The van der Waals surface area contributed by atoms with E-state index in [1.807, 2.05) is 25.1 Å². The number of fused-ring (bicyclic) bond motifs is 1. The minimum absolute atomic E-state index is 0.586. The highest BCUT2D eigenvalue weighted by molar-refractivity contribution is 7.23. The lowest BCUT2D eigenvalue weighted by Gasteiger charge is -1.91. The summed E-state index contributed by atoms with van der Waals surface area (Å²) in [7, 11) is 0. The van der Waals surface area contributed by atoms with Gasteiger partial charge in [-0.05, 0) is 19.1 Å². The number of nitrogens with zero attached hydrogens (tertiary/aromatic N) is 1. The van der Waals surface area contributed by atoms with Crippen molar-refractivity contribution in [2.45, 2.75) is 6.92 Å². The molecular formula is C10H6ClNS. The Labute approximate surface area is 85.2 Å². The smallest absolute Gasteiger partial charge is 0.112 e. The third-order valence-electron chi connectivity index (χ3n) is 1.91. The molecule has 0 saturated carbocycles. The van der Waals surface area contributed by atoms with Crippen LogP contribution in [0.1, 0.15) is 11.1 Å². The summed E-state index contributed by atoms with van der Waals surface area (Å²) in [4.78, 5) is 0. The number of thiophene rings is 1. The standard InChI is InChI=1S/C10H6ClNS/c1-6-2-3-9-7(4-6)8(5-12)10(11)13-9/h2-4H,1H3. The van der Waals surface area contributed by atoms with Crippen molar-refractivity contribution in [3.63, 3.8) is 0 Å². The predicted octanol–water partition coefficient (Wildman–Crippen LogP) is 3.73. The summed E-state index contributed by atoms with van der Waals surface area (Å²) in [6, 6.07) is 8.15. The largest absolute Gasteiger partial charge is 0.192 e. The molecule has 1 aromatic carbocycles. The second kappa shape index (κ2) is 3.02. The molecule has 0 unspecified atom stereocenters. The number of benzene rings is 1. The van der Waals surface area contributed by atoms with Gasteiger partial charge in [-0.1, -0.05) is 23.2 Å². The van der Waals surface area contributed by atoms with E-state index in [-0.39, 0.29) is 0 Å². The zero-order valence-electron chi connectivity index (χ0n) is 6.97. The zero-order chi connectivity index (χ0) is 9.42. The van der Waals surface area contributed by atoms with E-state index in [9.17, 15) is 0 Å². The van der Waals surface area contributed by atoms with E-state index in [0.29, 0.717) is 9.90 Å². The number of hydrogen-bond donors (Lipinski definition) is 0. The Morgan fingerprint density at radius 2 is 2.23 bits per heavy atom. The third kappa shape index (κ3) is 1.31. The van der Waals surface area contributed by atoms with Crippen LogP contribution in [0.5, 0.6) is 0 Å². The summed E-state index contributed by atoms with van der Waals surface area (Å²) in [6.45, 7) is 2.01. The maximum Gasteiger partial charge on any atom is 0.112 e. The molecule has 1 nitrogen and oxygen atoms in total. The summed E-state index contributed by atoms with van der Waals surface area (Å²) in [5.41, 5.74) is 1.75. The number of rotatable bonds is 0. The summed E-state index contributed by atoms with van der Waals surface area (Å²) in [6.07, 6.45) is 0. The highest BCUT2D eigenvalue weighted by Crippen LogP contribution is 2.34. The fourth-order valence-corrected chi connectivity index (χ4v) is 2.54. The van der Waals surface area contributed by atoms with Crippen molar-refractivity contribution >= 4 is 33.0 Å². The molecule has 2 rings (SSSR count). The molecule has 0 aliphatic carbocycles. The molecule has 0 radical (unpaired) electrons. The molecule has 1 heterocycles. The van der Waals surface area contributed by atoms with Gasteiger partial charge in [0.05, 0.1) is 5.56 Å². The van der Waals surface area contributed by atoms with Gasteiger partial charge in [0, 0.05) is 10.1 Å². The molecule has 0 amide bonds. The van der Waals surface area contributed by atoms with Gasteiger partial charge in [-0.3, -0.25) is 0 Å². The van der Waals surface area contributed by atoms with Crippen LogP contribution in [0.25, 0.3) is 10.1 Å². The quantitative estimate of drug-likeness (QED) is 0.646. The van der Waals surface area contributed by atoms with Crippen LogP contribution < -0.4 is 0 Å². The van der Waals surface area contributed by atoms with Gasteiger partial charge in [-0.15, -0.1) is 11.3 Å². The Morgan fingerprint density at radius 1 is 1.46 bits per heavy atom. The number of halogens is 1. The summed E-state index contributed by atoms with van der Waals surface area (Å²) in [5.74, 6) is 0. The van der Waals surface area contributed by atoms with E-state index >= 15 is 0 Å². The molecule has 0 N–H and O–H groups in total. The topological polar surface area (TPSA) is 23.8 Å². The first-order chi connectivity index (χ1) is 6.22. The molecule has 0 saturated heterocycles. The van der Waals surface area contributed by atoms with Gasteiger partial charge in [0.2, 0.25) is 0 Å². The van der Waals surface area contributed by atoms with Crippen LogP contribution in [0.3, 0.4) is 0 Å². The molecule has 0 spiro atoms. The zero-order valence-corrected chi connectivity index (χ0v) is 8.54. The van der Waals surface area contributed by atoms with Crippen LogP contribution in [0.4, 0.5) is 0 Å². The molecule has 0 atom stereocenters. The van der Waals surface area contributed by atoms with Crippen molar-refractivity contribution in [1.29, 1.82) is 5.26 Å². The highest BCUT2D eigenvalue weighted by atomic mass is 35.5. The lowest BCUT2D eigenvalue weighted by atomic mass is 10.1. The minimum Gasteiger partial charge on any atom is -0.192 e. The maximum atomic E-state index is 8.87. The van der Waals surface area contributed by atoms with Crippen molar-refractivity contribution in [3.8, 4) is 6.07 Å². The van der Waals surface area contributed by atoms with Gasteiger partial charge in [0.15, 0.2) is 0 Å². The molecule has 1 aromatic heterocycles. The van der Waals surface area contributed by atoms with Crippen LogP contribution >= 0.6 is 22.9 Å². The first kappa shape index (κ1) is 8.55. The van der Waals surface area contributed by atoms with E-state index in [2.05, 4.69) is 6.07 Å². The molecule has 3 heteroatoms. The Hall–Kier alpha value is -1.04. The van der Waals surface area contributed by atoms with Crippen molar-refractivity contribution in [3.05, 3.63) is 33.7 Å². The summed E-state index contributed by atoms with van der Waals surface area (Å²) in [5, 5.41) is 9.84. The molecule has 2 aromatic rings. The predicted molar refractivity (Wildman–Crippen MR) is 56.3 cm³/mol. The van der Waals surface area contributed by atoms with E-state index in [0.717, 1.165) is 15.6 Å². The maximum absolute atomic E-state index is 8.87. The van der Waals surface area contributed by atoms with Crippen molar-refractivity contribution in [2.75, 3.05) is 0 Å². The Bertz CT molecular complexity index is 507. The van der Waals surface area contributed by atoms with Crippen molar-refractivity contribution in [1.82, 2.24) is 0 Å². The first-order valence-corrected chi connectivity index (χ1v) is 5.00. The van der Waals surface area contributed by atoms with Crippen LogP contribution in [-0.4, -0.2) is 0 Å². The SMILES string of the molecule is Cc1ccc2sc(Cl)c(C#N)c2c1. The summed E-state index contributed by atoms with van der Waals surface area (Å²) < 4.78 is 1.66. The second-order valence-electron chi connectivity index (χ2n) is 2.86. The van der Waals surface area contributed by atoms with Gasteiger partial charge in [0.1, 0.15) is 10.4 Å². The number of nitriles is 1. The highest BCUT2D eigenvalue weighted by Gasteiger charge is 2.09. The first-order valence-electron chi connectivity index (χ1n) is 3.81. The van der Waals surface area contributed by atoms with Crippen molar-refractivity contribution in [2.24, 2.45) is 0 Å². The van der Waals surface area contributed by atoms with Gasteiger partial charge in [0.25, 0.3) is 0 Å². The Kier molecular flexibility index (Phi) is 1.99. The molecular weight excluding hydrogens is 202 g/mol. The van der Waals surface area contributed by atoms with Gasteiger partial charge in [-0.25, -0.2) is 0 Å². The van der Waals surface area contributed by atoms with E-state index in [4.69, 9.17) is 16.9 Å². The second-order valence-corrected chi connectivity index (χ2v) is 4.52. The van der Waals surface area contributed by atoms with Crippen LogP contribution in [0, 0.1) is 18.3 Å². The van der Waals surface area contributed by atoms with Gasteiger partial charge < -0.3 is 0 Å². The third-order valence-corrected chi connectivity index (χ3v) is 3.29. The van der Waals surface area contributed by atoms with Gasteiger partial charge in [-0.2, -0.15) is 5.26 Å².